The van der Waals surface area contributed by atoms with Crippen LogP contribution < -0.4 is 5.73 Å². The Labute approximate surface area is 92.2 Å². The zero-order valence-corrected chi connectivity index (χ0v) is 9.90. The predicted molar refractivity (Wildman–Crippen MR) is 64.6 cm³/mol. The van der Waals surface area contributed by atoms with Crippen LogP contribution in [0.5, 0.6) is 0 Å². The average molecular weight is 213 g/mol. The average Bonchev–Trinajstić information content (AvgIpc) is 3.00. The third-order valence-corrected chi connectivity index (χ3v) is 4.67. The van der Waals surface area contributed by atoms with Gasteiger partial charge in [0.25, 0.3) is 0 Å². The standard InChI is InChI=1S/C12H23NS/c13-12(4-3-10-1-2-10)9-11-5-7-14-8-6-11/h10-12H,1-9,13H2. The molecule has 0 spiro atoms. The molecule has 1 aliphatic carbocycles. The highest BCUT2D eigenvalue weighted by atomic mass is 32.2. The van der Waals surface area contributed by atoms with Crippen LogP contribution in [-0.2, 0) is 0 Å². The van der Waals surface area contributed by atoms with Crippen LogP contribution in [0.3, 0.4) is 0 Å². The van der Waals surface area contributed by atoms with Crippen LogP contribution in [0.2, 0.25) is 0 Å². The number of hydrogen-bond donors (Lipinski definition) is 1. The van der Waals surface area contributed by atoms with E-state index in [1.807, 2.05) is 0 Å². The van der Waals surface area contributed by atoms with Gasteiger partial charge in [0.1, 0.15) is 0 Å². The van der Waals surface area contributed by atoms with Crippen molar-refractivity contribution in [1.82, 2.24) is 0 Å². The second kappa shape index (κ2) is 5.41. The maximum Gasteiger partial charge on any atom is 0.00415 e. The fourth-order valence-corrected chi connectivity index (χ4v) is 3.59. The molecule has 1 heterocycles. The van der Waals surface area contributed by atoms with Gasteiger partial charge in [-0.05, 0) is 55.4 Å². The molecule has 0 aromatic carbocycles. The lowest BCUT2D eigenvalue weighted by Crippen LogP contribution is -2.25. The summed E-state index contributed by atoms with van der Waals surface area (Å²) in [7, 11) is 0. The first-order valence-corrected chi connectivity index (χ1v) is 7.33. The van der Waals surface area contributed by atoms with Crippen molar-refractivity contribution in [3.05, 3.63) is 0 Å². The van der Waals surface area contributed by atoms with Crippen LogP contribution in [0, 0.1) is 11.8 Å². The molecule has 0 aromatic heterocycles. The molecule has 2 rings (SSSR count). The van der Waals surface area contributed by atoms with Crippen LogP contribution >= 0.6 is 11.8 Å². The third kappa shape index (κ3) is 3.82. The summed E-state index contributed by atoms with van der Waals surface area (Å²) in [5.41, 5.74) is 6.17. The van der Waals surface area contributed by atoms with Crippen LogP contribution in [0.25, 0.3) is 0 Å². The van der Waals surface area contributed by atoms with E-state index in [9.17, 15) is 0 Å². The van der Waals surface area contributed by atoms with Gasteiger partial charge in [-0.25, -0.2) is 0 Å². The normalized spacial score (nSPS) is 26.4. The van der Waals surface area contributed by atoms with Gasteiger partial charge < -0.3 is 5.73 Å². The Morgan fingerprint density at radius 1 is 1.07 bits per heavy atom. The Balaban J connectivity index is 1.57. The van der Waals surface area contributed by atoms with Crippen LogP contribution in [0.15, 0.2) is 0 Å². The van der Waals surface area contributed by atoms with E-state index in [0.717, 1.165) is 11.8 Å². The molecule has 14 heavy (non-hydrogen) atoms. The number of thioether (sulfide) groups is 1. The van der Waals surface area contributed by atoms with Crippen molar-refractivity contribution in [2.45, 2.75) is 51.0 Å². The summed E-state index contributed by atoms with van der Waals surface area (Å²) >= 11 is 2.11. The molecule has 0 aromatic rings. The lowest BCUT2D eigenvalue weighted by molar-refractivity contribution is 0.387. The maximum atomic E-state index is 6.17. The molecule has 1 unspecified atom stereocenters. The Kier molecular flexibility index (Phi) is 4.18. The molecule has 1 saturated carbocycles. The van der Waals surface area contributed by atoms with Gasteiger partial charge in [-0.3, -0.25) is 0 Å². The summed E-state index contributed by atoms with van der Waals surface area (Å²) in [5.74, 6) is 4.76. The van der Waals surface area contributed by atoms with Crippen molar-refractivity contribution in [2.75, 3.05) is 11.5 Å². The summed E-state index contributed by atoms with van der Waals surface area (Å²) < 4.78 is 0. The van der Waals surface area contributed by atoms with Gasteiger partial charge in [0.2, 0.25) is 0 Å². The van der Waals surface area contributed by atoms with E-state index in [-0.39, 0.29) is 0 Å². The monoisotopic (exact) mass is 213 g/mol. The molecule has 2 N–H and O–H groups in total. The summed E-state index contributed by atoms with van der Waals surface area (Å²) in [4.78, 5) is 0. The van der Waals surface area contributed by atoms with Gasteiger partial charge in [0.05, 0.1) is 0 Å². The molecule has 0 radical (unpaired) electrons. The van der Waals surface area contributed by atoms with Crippen molar-refractivity contribution in [3.8, 4) is 0 Å². The fourth-order valence-electron chi connectivity index (χ4n) is 2.38. The molecule has 82 valence electrons. The predicted octanol–water partition coefficient (Wildman–Crippen LogP) is 3.04. The minimum Gasteiger partial charge on any atom is -0.328 e. The first-order valence-electron chi connectivity index (χ1n) is 6.18. The van der Waals surface area contributed by atoms with Crippen LogP contribution in [-0.4, -0.2) is 17.5 Å². The molecule has 2 fully saturated rings. The van der Waals surface area contributed by atoms with E-state index in [0.29, 0.717) is 6.04 Å². The van der Waals surface area contributed by atoms with Crippen molar-refractivity contribution in [3.63, 3.8) is 0 Å². The van der Waals surface area contributed by atoms with Crippen molar-refractivity contribution in [1.29, 1.82) is 0 Å². The fraction of sp³-hybridized carbons (Fsp3) is 1.00. The molecule has 1 saturated heterocycles. The van der Waals surface area contributed by atoms with Crippen LogP contribution in [0.1, 0.15) is 44.9 Å². The Morgan fingerprint density at radius 2 is 1.79 bits per heavy atom. The smallest absolute Gasteiger partial charge is 0.00415 e. The van der Waals surface area contributed by atoms with Crippen molar-refractivity contribution < 1.29 is 0 Å². The molecule has 1 atom stereocenters. The lowest BCUT2D eigenvalue weighted by Gasteiger charge is -2.24. The van der Waals surface area contributed by atoms with Gasteiger partial charge in [-0.2, -0.15) is 11.8 Å². The van der Waals surface area contributed by atoms with E-state index in [4.69, 9.17) is 5.73 Å². The molecular formula is C12H23NS. The highest BCUT2D eigenvalue weighted by molar-refractivity contribution is 7.99. The highest BCUT2D eigenvalue weighted by Gasteiger charge is 2.23. The molecule has 2 aliphatic rings. The number of rotatable bonds is 5. The quantitative estimate of drug-likeness (QED) is 0.759. The third-order valence-electron chi connectivity index (χ3n) is 3.62. The molecule has 0 amide bonds. The first kappa shape index (κ1) is 10.8. The van der Waals surface area contributed by atoms with Gasteiger partial charge in [0, 0.05) is 6.04 Å². The van der Waals surface area contributed by atoms with Gasteiger partial charge in [-0.1, -0.05) is 12.8 Å². The zero-order chi connectivity index (χ0) is 9.80. The summed E-state index contributed by atoms with van der Waals surface area (Å²) in [6.45, 7) is 0. The Bertz CT molecular complexity index is 162. The second-order valence-corrected chi connectivity index (χ2v) is 6.30. The van der Waals surface area contributed by atoms with E-state index in [1.165, 1.54) is 56.5 Å². The van der Waals surface area contributed by atoms with Crippen LogP contribution in [0.4, 0.5) is 0 Å². The van der Waals surface area contributed by atoms with Gasteiger partial charge in [-0.15, -0.1) is 0 Å². The Hall–Kier alpha value is 0.310. The lowest BCUT2D eigenvalue weighted by atomic mass is 9.92. The maximum absolute atomic E-state index is 6.17. The molecule has 0 bridgehead atoms. The minimum atomic E-state index is 0.503. The van der Waals surface area contributed by atoms with Crippen molar-refractivity contribution in [2.24, 2.45) is 17.6 Å². The zero-order valence-electron chi connectivity index (χ0n) is 9.08. The molecular weight excluding hydrogens is 190 g/mol. The minimum absolute atomic E-state index is 0.503. The SMILES string of the molecule is NC(CCC1CC1)CC1CCSCC1. The topological polar surface area (TPSA) is 26.0 Å². The summed E-state index contributed by atoms with van der Waals surface area (Å²) in [6.07, 6.45) is 9.79. The largest absolute Gasteiger partial charge is 0.328 e. The first-order chi connectivity index (χ1) is 6.84. The number of nitrogens with two attached hydrogens (primary N) is 1. The summed E-state index contributed by atoms with van der Waals surface area (Å²) in [6, 6.07) is 0.503. The molecule has 2 heteroatoms. The van der Waals surface area contributed by atoms with Gasteiger partial charge >= 0.3 is 0 Å². The van der Waals surface area contributed by atoms with Crippen molar-refractivity contribution >= 4 is 11.8 Å². The second-order valence-electron chi connectivity index (χ2n) is 5.07. The van der Waals surface area contributed by atoms with Gasteiger partial charge in [0.15, 0.2) is 0 Å². The summed E-state index contributed by atoms with van der Waals surface area (Å²) in [5, 5.41) is 0. The van der Waals surface area contributed by atoms with E-state index >= 15 is 0 Å². The van der Waals surface area contributed by atoms with E-state index in [2.05, 4.69) is 11.8 Å². The Morgan fingerprint density at radius 3 is 2.43 bits per heavy atom. The molecule has 1 aliphatic heterocycles. The molecule has 1 nitrogen and oxygen atoms in total. The van der Waals surface area contributed by atoms with E-state index < -0.39 is 0 Å². The number of hydrogen-bond acceptors (Lipinski definition) is 2. The van der Waals surface area contributed by atoms with E-state index in [1.54, 1.807) is 0 Å². The highest BCUT2D eigenvalue weighted by Crippen LogP contribution is 2.34.